The molecule has 1 aromatic carbocycles. The third kappa shape index (κ3) is 1.29. The number of hydrogen-bond donors (Lipinski definition) is 0. The Balaban J connectivity index is 2.42. The molecule has 0 fully saturated rings. The molecule has 1 aromatic heterocycles. The summed E-state index contributed by atoms with van der Waals surface area (Å²) in [6.07, 6.45) is 2.06. The minimum atomic E-state index is -0.183. The van der Waals surface area contributed by atoms with E-state index >= 15 is 0 Å². The summed E-state index contributed by atoms with van der Waals surface area (Å²) in [5, 5.41) is 0. The van der Waals surface area contributed by atoms with Crippen LogP contribution in [0.25, 0.3) is 11.3 Å². The molecule has 1 aliphatic carbocycles. The third-order valence-electron chi connectivity index (χ3n) is 3.97. The zero-order valence-corrected chi connectivity index (χ0v) is 10.9. The fraction of sp³-hybridized carbons (Fsp3) is 0.312. The van der Waals surface area contributed by atoms with Gasteiger partial charge in [-0.2, -0.15) is 0 Å². The second-order valence-corrected chi connectivity index (χ2v) is 5.33. The van der Waals surface area contributed by atoms with Crippen molar-refractivity contribution in [1.29, 1.82) is 0 Å². The monoisotopic (exact) mass is 241 g/mol. The molecule has 0 saturated heterocycles. The third-order valence-corrected chi connectivity index (χ3v) is 3.97. The summed E-state index contributed by atoms with van der Waals surface area (Å²) in [5.74, 6) is -0.183. The maximum absolute atomic E-state index is 13.9. The molecule has 92 valence electrons. The second-order valence-electron chi connectivity index (χ2n) is 5.33. The number of nitrogens with zero attached hydrogens (tertiary/aromatic N) is 1. The lowest BCUT2D eigenvalue weighted by Crippen LogP contribution is -2.18. The first-order chi connectivity index (χ1) is 8.57. The minimum Gasteiger partial charge on any atom is -0.253 e. The van der Waals surface area contributed by atoms with E-state index in [1.54, 1.807) is 0 Å². The highest BCUT2D eigenvalue weighted by molar-refractivity contribution is 5.78. The Morgan fingerprint density at radius 1 is 1.22 bits per heavy atom. The average molecular weight is 241 g/mol. The first kappa shape index (κ1) is 11.4. The summed E-state index contributed by atoms with van der Waals surface area (Å²) < 4.78 is 13.9. The van der Waals surface area contributed by atoms with Crippen LogP contribution in [0.2, 0.25) is 0 Å². The van der Waals surface area contributed by atoms with Crippen molar-refractivity contribution in [2.24, 2.45) is 0 Å². The van der Waals surface area contributed by atoms with Crippen LogP contribution in [0.15, 0.2) is 30.5 Å². The molecule has 0 bridgehead atoms. The first-order valence-electron chi connectivity index (χ1n) is 6.35. The van der Waals surface area contributed by atoms with Crippen LogP contribution in [-0.4, -0.2) is 4.98 Å². The molecule has 2 heteroatoms. The summed E-state index contributed by atoms with van der Waals surface area (Å²) >= 11 is 0. The molecule has 18 heavy (non-hydrogen) atoms. The van der Waals surface area contributed by atoms with Gasteiger partial charge < -0.3 is 0 Å². The van der Waals surface area contributed by atoms with Gasteiger partial charge in [0.2, 0.25) is 0 Å². The van der Waals surface area contributed by atoms with Crippen LogP contribution < -0.4 is 0 Å². The van der Waals surface area contributed by atoms with Gasteiger partial charge in [0.25, 0.3) is 0 Å². The SMILES string of the molecule is CCc1c(F)cnc2c1C(C)(C)c1ccccc1-2. The van der Waals surface area contributed by atoms with Crippen molar-refractivity contribution in [3.8, 4) is 11.3 Å². The fourth-order valence-corrected chi connectivity index (χ4v) is 3.12. The van der Waals surface area contributed by atoms with Gasteiger partial charge in [-0.1, -0.05) is 45.0 Å². The van der Waals surface area contributed by atoms with Crippen molar-refractivity contribution < 1.29 is 4.39 Å². The minimum absolute atomic E-state index is 0.160. The number of benzene rings is 1. The van der Waals surface area contributed by atoms with E-state index in [1.165, 1.54) is 11.8 Å². The Labute approximate surface area is 107 Å². The van der Waals surface area contributed by atoms with E-state index in [2.05, 4.69) is 31.0 Å². The van der Waals surface area contributed by atoms with Gasteiger partial charge in [0, 0.05) is 11.0 Å². The fourth-order valence-electron chi connectivity index (χ4n) is 3.12. The van der Waals surface area contributed by atoms with Crippen LogP contribution in [0, 0.1) is 5.82 Å². The van der Waals surface area contributed by atoms with Crippen molar-refractivity contribution in [1.82, 2.24) is 4.98 Å². The van der Waals surface area contributed by atoms with Crippen LogP contribution in [0.4, 0.5) is 4.39 Å². The number of fused-ring (bicyclic) bond motifs is 3. The van der Waals surface area contributed by atoms with E-state index < -0.39 is 0 Å². The Hall–Kier alpha value is -1.70. The summed E-state index contributed by atoms with van der Waals surface area (Å²) in [6.45, 7) is 6.30. The van der Waals surface area contributed by atoms with Gasteiger partial charge >= 0.3 is 0 Å². The second kappa shape index (κ2) is 3.64. The number of hydrogen-bond acceptors (Lipinski definition) is 1. The first-order valence-corrected chi connectivity index (χ1v) is 6.35. The molecule has 0 amide bonds. The van der Waals surface area contributed by atoms with E-state index in [0.29, 0.717) is 6.42 Å². The van der Waals surface area contributed by atoms with Crippen LogP contribution in [-0.2, 0) is 11.8 Å². The Morgan fingerprint density at radius 2 is 1.94 bits per heavy atom. The number of rotatable bonds is 1. The molecule has 1 nitrogen and oxygen atoms in total. The standard InChI is InChI=1S/C16H16FN/c1-4-10-13(17)9-18-15-11-7-5-6-8-12(11)16(2,3)14(10)15/h5-9H,4H2,1-3H3. The molecular weight excluding hydrogens is 225 g/mol. The smallest absolute Gasteiger partial charge is 0.145 e. The van der Waals surface area contributed by atoms with E-state index in [0.717, 1.165) is 22.4 Å². The molecule has 0 saturated carbocycles. The lowest BCUT2D eigenvalue weighted by Gasteiger charge is -2.23. The van der Waals surface area contributed by atoms with Gasteiger partial charge in [-0.25, -0.2) is 4.39 Å². The van der Waals surface area contributed by atoms with E-state index in [4.69, 9.17) is 0 Å². The lowest BCUT2D eigenvalue weighted by molar-refractivity contribution is 0.582. The zero-order valence-electron chi connectivity index (χ0n) is 10.9. The van der Waals surface area contributed by atoms with Gasteiger partial charge in [-0.05, 0) is 23.1 Å². The molecular formula is C16H16FN. The van der Waals surface area contributed by atoms with Gasteiger partial charge in [0.05, 0.1) is 11.9 Å². The molecule has 0 radical (unpaired) electrons. The molecule has 0 unspecified atom stereocenters. The van der Waals surface area contributed by atoms with Gasteiger partial charge in [0.15, 0.2) is 0 Å². The van der Waals surface area contributed by atoms with Gasteiger partial charge in [-0.3, -0.25) is 4.98 Å². The molecule has 0 atom stereocenters. The molecule has 0 aliphatic heterocycles. The number of halogens is 1. The average Bonchev–Trinajstić information content (AvgIpc) is 2.60. The van der Waals surface area contributed by atoms with Gasteiger partial charge in [0.1, 0.15) is 5.82 Å². The van der Waals surface area contributed by atoms with E-state index in [1.807, 2.05) is 19.1 Å². The van der Waals surface area contributed by atoms with E-state index in [-0.39, 0.29) is 11.2 Å². The lowest BCUT2D eigenvalue weighted by atomic mass is 9.80. The predicted molar refractivity (Wildman–Crippen MR) is 71.1 cm³/mol. The maximum atomic E-state index is 13.9. The summed E-state index contributed by atoms with van der Waals surface area (Å²) in [6, 6.07) is 8.25. The van der Waals surface area contributed by atoms with Crippen molar-refractivity contribution in [3.05, 3.63) is 53.0 Å². The summed E-state index contributed by atoms with van der Waals surface area (Å²) in [4.78, 5) is 4.33. The molecule has 1 heterocycles. The van der Waals surface area contributed by atoms with Crippen LogP contribution in [0.5, 0.6) is 0 Å². The van der Waals surface area contributed by atoms with Crippen LogP contribution >= 0.6 is 0 Å². The normalized spacial score (nSPS) is 15.3. The Bertz CT molecular complexity index is 629. The summed E-state index contributed by atoms with van der Waals surface area (Å²) in [7, 11) is 0. The molecule has 0 spiro atoms. The highest BCUT2D eigenvalue weighted by atomic mass is 19.1. The maximum Gasteiger partial charge on any atom is 0.145 e. The molecule has 0 N–H and O–H groups in total. The predicted octanol–water partition coefficient (Wildman–Crippen LogP) is 4.09. The Kier molecular flexibility index (Phi) is 2.31. The molecule has 3 rings (SSSR count). The number of aromatic nitrogens is 1. The van der Waals surface area contributed by atoms with Crippen molar-refractivity contribution in [2.75, 3.05) is 0 Å². The quantitative estimate of drug-likeness (QED) is 0.732. The Morgan fingerprint density at radius 3 is 2.67 bits per heavy atom. The van der Waals surface area contributed by atoms with Crippen LogP contribution in [0.1, 0.15) is 37.5 Å². The zero-order chi connectivity index (χ0) is 12.9. The van der Waals surface area contributed by atoms with Crippen LogP contribution in [0.3, 0.4) is 0 Å². The topological polar surface area (TPSA) is 12.9 Å². The van der Waals surface area contributed by atoms with Crippen molar-refractivity contribution in [2.45, 2.75) is 32.6 Å². The highest BCUT2D eigenvalue weighted by Crippen LogP contribution is 2.49. The van der Waals surface area contributed by atoms with Crippen molar-refractivity contribution in [3.63, 3.8) is 0 Å². The number of pyridine rings is 1. The highest BCUT2D eigenvalue weighted by Gasteiger charge is 2.38. The molecule has 1 aliphatic rings. The largest absolute Gasteiger partial charge is 0.253 e. The molecule has 2 aromatic rings. The van der Waals surface area contributed by atoms with Crippen molar-refractivity contribution >= 4 is 0 Å². The summed E-state index contributed by atoms with van der Waals surface area (Å²) in [5.41, 5.74) is 5.05. The van der Waals surface area contributed by atoms with Gasteiger partial charge in [-0.15, -0.1) is 0 Å². The van der Waals surface area contributed by atoms with E-state index in [9.17, 15) is 4.39 Å².